The average molecular weight is 378 g/mol. The minimum absolute atomic E-state index is 0.287. The topological polar surface area (TPSA) is 91.7 Å². The number of amides is 4. The molecule has 2 N–H and O–H groups in total. The zero-order valence-electron chi connectivity index (χ0n) is 12.0. The Balaban J connectivity index is 1.83. The minimum Gasteiger partial charge on any atom is -0.466 e. The van der Waals surface area contributed by atoms with Crippen LogP contribution < -0.4 is 10.7 Å². The molecule has 2 heterocycles. The Morgan fingerprint density at radius 2 is 2.09 bits per heavy atom. The Morgan fingerprint density at radius 1 is 1.30 bits per heavy atom. The number of halogens is 1. The molecule has 1 fully saturated rings. The molecule has 1 aliphatic heterocycles. The van der Waals surface area contributed by atoms with Crippen LogP contribution in [0.4, 0.5) is 4.79 Å². The Labute approximate surface area is 139 Å². The second-order valence-corrected chi connectivity index (χ2v) is 6.04. The van der Waals surface area contributed by atoms with Gasteiger partial charge in [0.15, 0.2) is 5.54 Å². The molecule has 7 nitrogen and oxygen atoms in total. The first kappa shape index (κ1) is 15.3. The molecule has 1 aliphatic rings. The third-order valence-corrected chi connectivity index (χ3v) is 4.00. The summed E-state index contributed by atoms with van der Waals surface area (Å²) in [5, 5.41) is 3.18. The van der Waals surface area contributed by atoms with Gasteiger partial charge in [-0.15, -0.1) is 0 Å². The second-order valence-electron chi connectivity index (χ2n) is 5.12. The van der Waals surface area contributed by atoms with E-state index in [9.17, 15) is 14.4 Å². The molecule has 4 amide bonds. The van der Waals surface area contributed by atoms with Gasteiger partial charge in [-0.25, -0.2) is 4.79 Å². The summed E-state index contributed by atoms with van der Waals surface area (Å²) in [5.41, 5.74) is 1.26. The maximum absolute atomic E-state index is 12.5. The second kappa shape index (κ2) is 5.54. The van der Waals surface area contributed by atoms with Crippen molar-refractivity contribution in [3.63, 3.8) is 0 Å². The first-order chi connectivity index (χ1) is 10.9. The number of imide groups is 1. The number of hydrogen-bond donors (Lipinski definition) is 2. The van der Waals surface area contributed by atoms with E-state index >= 15 is 0 Å². The van der Waals surface area contributed by atoms with Crippen molar-refractivity contribution in [1.29, 1.82) is 0 Å². The number of carbonyl (C=O) groups excluding carboxylic acids is 3. The molecule has 1 atom stereocenters. The van der Waals surface area contributed by atoms with Crippen LogP contribution in [0.3, 0.4) is 0 Å². The quantitative estimate of drug-likeness (QED) is 0.801. The summed E-state index contributed by atoms with van der Waals surface area (Å²) in [4.78, 5) is 36.8. The molecule has 0 bridgehead atoms. The monoisotopic (exact) mass is 377 g/mol. The number of urea groups is 1. The van der Waals surface area contributed by atoms with Gasteiger partial charge in [0.1, 0.15) is 5.76 Å². The number of rotatable bonds is 3. The standard InChI is InChI=1S/C15H12BrN3O4/c1-15(11-6-3-7-23-11)13(21)19(14(22)17-15)18-12(20)9-4-2-5-10(16)8-9/h2-8H,1H3,(H,17,22)(H,18,20). The van der Waals surface area contributed by atoms with Crippen LogP contribution in [0.2, 0.25) is 0 Å². The minimum atomic E-state index is -1.36. The van der Waals surface area contributed by atoms with Crippen molar-refractivity contribution in [3.8, 4) is 0 Å². The van der Waals surface area contributed by atoms with Gasteiger partial charge in [-0.2, -0.15) is 5.01 Å². The largest absolute Gasteiger partial charge is 0.466 e. The maximum Gasteiger partial charge on any atom is 0.344 e. The summed E-state index contributed by atoms with van der Waals surface area (Å²) in [6, 6.07) is 9.07. The van der Waals surface area contributed by atoms with Crippen LogP contribution in [0.25, 0.3) is 0 Å². The van der Waals surface area contributed by atoms with Crippen molar-refractivity contribution in [3.05, 3.63) is 58.5 Å². The molecule has 0 aliphatic carbocycles. The lowest BCUT2D eigenvalue weighted by Crippen LogP contribution is -2.47. The average Bonchev–Trinajstić information content (AvgIpc) is 3.12. The number of nitrogens with one attached hydrogen (secondary N) is 2. The van der Waals surface area contributed by atoms with Crippen LogP contribution in [0.1, 0.15) is 23.0 Å². The van der Waals surface area contributed by atoms with Crippen LogP contribution in [-0.2, 0) is 10.3 Å². The van der Waals surface area contributed by atoms with Crippen molar-refractivity contribution < 1.29 is 18.8 Å². The van der Waals surface area contributed by atoms with Gasteiger partial charge in [0.25, 0.3) is 11.8 Å². The molecule has 23 heavy (non-hydrogen) atoms. The molecule has 1 aromatic carbocycles. The Kier molecular flexibility index (Phi) is 3.69. The summed E-state index contributed by atoms with van der Waals surface area (Å²) in [6.07, 6.45) is 1.41. The van der Waals surface area contributed by atoms with Gasteiger partial charge in [0, 0.05) is 10.0 Å². The van der Waals surface area contributed by atoms with Crippen LogP contribution >= 0.6 is 15.9 Å². The van der Waals surface area contributed by atoms with Gasteiger partial charge in [-0.05, 0) is 37.3 Å². The van der Waals surface area contributed by atoms with E-state index in [4.69, 9.17) is 4.42 Å². The van der Waals surface area contributed by atoms with Crippen molar-refractivity contribution >= 4 is 33.8 Å². The predicted octanol–water partition coefficient (Wildman–Crippen LogP) is 2.15. The van der Waals surface area contributed by atoms with Gasteiger partial charge >= 0.3 is 6.03 Å². The van der Waals surface area contributed by atoms with Gasteiger partial charge in [0.05, 0.1) is 6.26 Å². The van der Waals surface area contributed by atoms with E-state index in [-0.39, 0.29) is 5.76 Å². The van der Waals surface area contributed by atoms with E-state index < -0.39 is 23.4 Å². The van der Waals surface area contributed by atoms with E-state index in [1.54, 1.807) is 36.4 Å². The molecular weight excluding hydrogens is 366 g/mol. The fourth-order valence-corrected chi connectivity index (χ4v) is 2.67. The highest BCUT2D eigenvalue weighted by Gasteiger charge is 2.52. The normalized spacial score (nSPS) is 20.5. The Hall–Kier alpha value is -2.61. The number of benzene rings is 1. The Bertz CT molecular complexity index is 790. The zero-order chi connectivity index (χ0) is 16.6. The highest BCUT2D eigenvalue weighted by molar-refractivity contribution is 9.10. The summed E-state index contributed by atoms with van der Waals surface area (Å²) in [7, 11) is 0. The summed E-state index contributed by atoms with van der Waals surface area (Å²) >= 11 is 3.26. The fraction of sp³-hybridized carbons (Fsp3) is 0.133. The van der Waals surface area contributed by atoms with Crippen molar-refractivity contribution in [1.82, 2.24) is 15.8 Å². The zero-order valence-corrected chi connectivity index (χ0v) is 13.6. The van der Waals surface area contributed by atoms with Crippen LogP contribution in [-0.4, -0.2) is 22.9 Å². The number of carbonyl (C=O) groups is 3. The fourth-order valence-electron chi connectivity index (χ4n) is 2.27. The molecule has 0 saturated carbocycles. The van der Waals surface area contributed by atoms with E-state index in [0.29, 0.717) is 15.0 Å². The smallest absolute Gasteiger partial charge is 0.344 e. The maximum atomic E-state index is 12.5. The van der Waals surface area contributed by atoms with Gasteiger partial charge in [-0.1, -0.05) is 22.0 Å². The SMILES string of the molecule is CC1(c2ccco2)NC(=O)N(NC(=O)c2cccc(Br)c2)C1=O. The molecule has 2 aromatic rings. The van der Waals surface area contributed by atoms with E-state index in [1.807, 2.05) is 0 Å². The lowest BCUT2D eigenvalue weighted by atomic mass is 10.00. The van der Waals surface area contributed by atoms with Crippen LogP contribution in [0.15, 0.2) is 51.6 Å². The highest BCUT2D eigenvalue weighted by Crippen LogP contribution is 2.28. The summed E-state index contributed by atoms with van der Waals surface area (Å²) in [6.45, 7) is 1.51. The third-order valence-electron chi connectivity index (χ3n) is 3.50. The van der Waals surface area contributed by atoms with Crippen LogP contribution in [0.5, 0.6) is 0 Å². The molecule has 1 aromatic heterocycles. The number of hydrazine groups is 1. The number of hydrogen-bond acceptors (Lipinski definition) is 4. The lowest BCUT2D eigenvalue weighted by Gasteiger charge is -2.19. The van der Waals surface area contributed by atoms with Crippen LogP contribution in [0, 0.1) is 0 Å². The molecule has 0 spiro atoms. The van der Waals surface area contributed by atoms with Gasteiger partial charge < -0.3 is 9.73 Å². The molecule has 8 heteroatoms. The summed E-state index contributed by atoms with van der Waals surface area (Å²) in [5.74, 6) is -0.908. The van der Waals surface area contributed by atoms with Crippen molar-refractivity contribution in [2.45, 2.75) is 12.5 Å². The predicted molar refractivity (Wildman–Crippen MR) is 83.0 cm³/mol. The van der Waals surface area contributed by atoms with E-state index in [0.717, 1.165) is 0 Å². The number of nitrogens with zero attached hydrogens (tertiary/aromatic N) is 1. The van der Waals surface area contributed by atoms with Crippen molar-refractivity contribution in [2.24, 2.45) is 0 Å². The molecular formula is C15H12BrN3O4. The van der Waals surface area contributed by atoms with Gasteiger partial charge in [0.2, 0.25) is 0 Å². The molecule has 1 unspecified atom stereocenters. The van der Waals surface area contributed by atoms with Crippen molar-refractivity contribution in [2.75, 3.05) is 0 Å². The molecule has 0 radical (unpaired) electrons. The first-order valence-electron chi connectivity index (χ1n) is 6.69. The summed E-state index contributed by atoms with van der Waals surface area (Å²) < 4.78 is 5.92. The number of furan rings is 1. The van der Waals surface area contributed by atoms with E-state index in [1.165, 1.54) is 13.2 Å². The lowest BCUT2D eigenvalue weighted by molar-refractivity contribution is -0.133. The molecule has 3 rings (SSSR count). The van der Waals surface area contributed by atoms with E-state index in [2.05, 4.69) is 26.7 Å². The third kappa shape index (κ3) is 2.61. The first-order valence-corrected chi connectivity index (χ1v) is 7.48. The Morgan fingerprint density at radius 3 is 2.74 bits per heavy atom. The highest BCUT2D eigenvalue weighted by atomic mass is 79.9. The van der Waals surface area contributed by atoms with Gasteiger partial charge in [-0.3, -0.25) is 15.0 Å². The molecule has 1 saturated heterocycles. The molecule has 118 valence electrons.